The van der Waals surface area contributed by atoms with Crippen molar-refractivity contribution in [3.63, 3.8) is 0 Å². The third-order valence-corrected chi connectivity index (χ3v) is 2.36. The molecule has 0 spiro atoms. The van der Waals surface area contributed by atoms with Crippen LogP contribution in [0.15, 0.2) is 42.5 Å². The van der Waals surface area contributed by atoms with Crippen LogP contribution < -0.4 is 4.74 Å². The Kier molecular flexibility index (Phi) is 3.74. The smallest absolute Gasteiger partial charge is 0.166 e. The van der Waals surface area contributed by atoms with Crippen molar-refractivity contribution in [3.05, 3.63) is 59.7 Å². The van der Waals surface area contributed by atoms with Gasteiger partial charge in [-0.3, -0.25) is 0 Å². The van der Waals surface area contributed by atoms with Gasteiger partial charge in [0.1, 0.15) is 23.1 Å². The molecule has 3 nitrogen and oxygen atoms in total. The van der Waals surface area contributed by atoms with Crippen molar-refractivity contribution in [1.29, 1.82) is 5.26 Å². The number of aliphatic hydroxyl groups is 1. The Morgan fingerprint density at radius 3 is 2.47 bits per heavy atom. The Bertz CT molecular complexity index is 638. The Morgan fingerprint density at radius 2 is 1.79 bits per heavy atom. The van der Waals surface area contributed by atoms with Crippen molar-refractivity contribution < 1.29 is 18.6 Å². The van der Waals surface area contributed by atoms with E-state index < -0.39 is 17.7 Å². The number of nitriles is 1. The Hall–Kier alpha value is -2.45. The second kappa shape index (κ2) is 5.46. The van der Waals surface area contributed by atoms with Crippen LogP contribution in [0, 0.1) is 23.0 Å². The third kappa shape index (κ3) is 3.27. The van der Waals surface area contributed by atoms with Crippen molar-refractivity contribution in [2.24, 2.45) is 0 Å². The van der Waals surface area contributed by atoms with Gasteiger partial charge in [0.2, 0.25) is 0 Å². The summed E-state index contributed by atoms with van der Waals surface area (Å²) in [6, 6.07) is 10.4. The van der Waals surface area contributed by atoms with Gasteiger partial charge in [-0.15, -0.1) is 0 Å². The Balaban J connectivity index is 2.30. The summed E-state index contributed by atoms with van der Waals surface area (Å²) in [5, 5.41) is 17.9. The zero-order valence-electron chi connectivity index (χ0n) is 9.68. The molecule has 19 heavy (non-hydrogen) atoms. The van der Waals surface area contributed by atoms with E-state index in [1.807, 2.05) is 0 Å². The van der Waals surface area contributed by atoms with Gasteiger partial charge in [0.05, 0.1) is 6.07 Å². The SMILES string of the molecule is N#CC(O)c1cc(F)cc(Oc2cccc(F)c2)c1. The average Bonchev–Trinajstić information content (AvgIpc) is 2.37. The summed E-state index contributed by atoms with van der Waals surface area (Å²) in [5.74, 6) is -0.859. The number of benzene rings is 2. The lowest BCUT2D eigenvalue weighted by molar-refractivity contribution is 0.235. The number of aliphatic hydroxyl groups excluding tert-OH is 1. The molecule has 0 fully saturated rings. The zero-order chi connectivity index (χ0) is 13.8. The minimum atomic E-state index is -1.44. The number of ether oxygens (including phenoxy) is 1. The molecule has 0 amide bonds. The maximum atomic E-state index is 13.3. The topological polar surface area (TPSA) is 53.2 Å². The second-order valence-corrected chi connectivity index (χ2v) is 3.81. The molecule has 2 aromatic carbocycles. The first kappa shape index (κ1) is 13.0. The molecule has 0 saturated carbocycles. The maximum Gasteiger partial charge on any atom is 0.166 e. The van der Waals surface area contributed by atoms with Gasteiger partial charge in [-0.25, -0.2) is 8.78 Å². The first-order chi connectivity index (χ1) is 9.08. The number of hydrogen-bond acceptors (Lipinski definition) is 3. The van der Waals surface area contributed by atoms with Crippen LogP contribution in [0.5, 0.6) is 11.5 Å². The molecule has 96 valence electrons. The maximum absolute atomic E-state index is 13.3. The van der Waals surface area contributed by atoms with E-state index in [0.717, 1.165) is 18.2 Å². The summed E-state index contributed by atoms with van der Waals surface area (Å²) in [4.78, 5) is 0. The van der Waals surface area contributed by atoms with Gasteiger partial charge in [0.25, 0.3) is 0 Å². The van der Waals surface area contributed by atoms with Crippen LogP contribution in [-0.2, 0) is 0 Å². The first-order valence-electron chi connectivity index (χ1n) is 5.40. The summed E-state index contributed by atoms with van der Waals surface area (Å²) in [5.41, 5.74) is 0.0777. The number of hydrogen-bond donors (Lipinski definition) is 1. The van der Waals surface area contributed by atoms with E-state index in [1.165, 1.54) is 24.3 Å². The number of halogens is 2. The molecule has 5 heteroatoms. The van der Waals surface area contributed by atoms with Crippen molar-refractivity contribution in [3.8, 4) is 17.6 Å². The van der Waals surface area contributed by atoms with Crippen LogP contribution in [0.2, 0.25) is 0 Å². The molecule has 0 heterocycles. The van der Waals surface area contributed by atoms with Crippen LogP contribution in [0.25, 0.3) is 0 Å². The fourth-order valence-corrected chi connectivity index (χ4v) is 1.54. The zero-order valence-corrected chi connectivity index (χ0v) is 9.68. The predicted molar refractivity (Wildman–Crippen MR) is 63.4 cm³/mol. The highest BCUT2D eigenvalue weighted by molar-refractivity contribution is 5.36. The van der Waals surface area contributed by atoms with Gasteiger partial charge in [-0.05, 0) is 24.3 Å². The molecule has 2 aromatic rings. The lowest BCUT2D eigenvalue weighted by atomic mass is 10.1. The highest BCUT2D eigenvalue weighted by atomic mass is 19.1. The third-order valence-electron chi connectivity index (χ3n) is 2.36. The van der Waals surface area contributed by atoms with Crippen molar-refractivity contribution in [1.82, 2.24) is 0 Å². The molecule has 2 rings (SSSR count). The van der Waals surface area contributed by atoms with Gasteiger partial charge >= 0.3 is 0 Å². The summed E-state index contributed by atoms with van der Waals surface area (Å²) in [6.07, 6.45) is -1.44. The molecule has 0 aromatic heterocycles. The molecule has 0 aliphatic carbocycles. The van der Waals surface area contributed by atoms with Crippen molar-refractivity contribution in [2.75, 3.05) is 0 Å². The lowest BCUT2D eigenvalue weighted by Crippen LogP contribution is -1.96. The van der Waals surface area contributed by atoms with Crippen molar-refractivity contribution in [2.45, 2.75) is 6.10 Å². The van der Waals surface area contributed by atoms with E-state index in [-0.39, 0.29) is 17.1 Å². The van der Waals surface area contributed by atoms with E-state index >= 15 is 0 Å². The quantitative estimate of drug-likeness (QED) is 0.862. The minimum absolute atomic E-state index is 0.0777. The molecule has 1 N–H and O–H groups in total. The normalized spacial score (nSPS) is 11.7. The monoisotopic (exact) mass is 261 g/mol. The number of rotatable bonds is 3. The average molecular weight is 261 g/mol. The van der Waals surface area contributed by atoms with E-state index in [0.29, 0.717) is 0 Å². The van der Waals surface area contributed by atoms with Gasteiger partial charge in [0, 0.05) is 17.7 Å². The van der Waals surface area contributed by atoms with Crippen LogP contribution >= 0.6 is 0 Å². The Morgan fingerprint density at radius 1 is 1.05 bits per heavy atom. The molecule has 0 radical (unpaired) electrons. The summed E-state index contributed by atoms with van der Waals surface area (Å²) in [6.45, 7) is 0. The van der Waals surface area contributed by atoms with E-state index in [1.54, 1.807) is 6.07 Å². The van der Waals surface area contributed by atoms with E-state index in [9.17, 15) is 13.9 Å². The summed E-state index contributed by atoms with van der Waals surface area (Å²) in [7, 11) is 0. The molecule has 0 bridgehead atoms. The summed E-state index contributed by atoms with van der Waals surface area (Å²) >= 11 is 0. The van der Waals surface area contributed by atoms with Gasteiger partial charge in [-0.2, -0.15) is 5.26 Å². The molecule has 1 unspecified atom stereocenters. The molecule has 0 aliphatic heterocycles. The molecule has 1 atom stereocenters. The van der Waals surface area contributed by atoms with Gasteiger partial charge in [0.15, 0.2) is 6.10 Å². The molecular weight excluding hydrogens is 252 g/mol. The Labute approximate surface area is 108 Å². The summed E-state index contributed by atoms with van der Waals surface area (Å²) < 4.78 is 31.6. The fraction of sp³-hybridized carbons (Fsp3) is 0.0714. The fourth-order valence-electron chi connectivity index (χ4n) is 1.54. The minimum Gasteiger partial charge on any atom is -0.457 e. The molecular formula is C14H9F2NO2. The van der Waals surface area contributed by atoms with Crippen LogP contribution in [0.1, 0.15) is 11.7 Å². The van der Waals surface area contributed by atoms with Crippen LogP contribution in [-0.4, -0.2) is 5.11 Å². The highest BCUT2D eigenvalue weighted by Crippen LogP contribution is 2.26. The molecule has 0 saturated heterocycles. The lowest BCUT2D eigenvalue weighted by Gasteiger charge is -2.09. The van der Waals surface area contributed by atoms with Crippen LogP contribution in [0.3, 0.4) is 0 Å². The first-order valence-corrected chi connectivity index (χ1v) is 5.40. The van der Waals surface area contributed by atoms with E-state index in [4.69, 9.17) is 10.00 Å². The van der Waals surface area contributed by atoms with Gasteiger partial charge < -0.3 is 9.84 Å². The molecule has 0 aliphatic rings. The van der Waals surface area contributed by atoms with Crippen LogP contribution in [0.4, 0.5) is 8.78 Å². The van der Waals surface area contributed by atoms with E-state index in [2.05, 4.69) is 0 Å². The van der Waals surface area contributed by atoms with Crippen molar-refractivity contribution >= 4 is 0 Å². The highest BCUT2D eigenvalue weighted by Gasteiger charge is 2.10. The second-order valence-electron chi connectivity index (χ2n) is 3.81. The number of nitrogens with zero attached hydrogens (tertiary/aromatic N) is 1. The predicted octanol–water partition coefficient (Wildman–Crippen LogP) is 3.31. The standard InChI is InChI=1S/C14H9F2NO2/c15-10-2-1-3-12(6-10)19-13-5-9(14(18)8-17)4-11(16)7-13/h1-7,14,18H. The van der Waals surface area contributed by atoms with Gasteiger partial charge in [-0.1, -0.05) is 6.07 Å². The largest absolute Gasteiger partial charge is 0.457 e.